The first-order valence-electron chi connectivity index (χ1n) is 7.60. The molecule has 3 rings (SSSR count). The lowest BCUT2D eigenvalue weighted by Gasteiger charge is -2.21. The number of rotatable bonds is 3. The summed E-state index contributed by atoms with van der Waals surface area (Å²) < 4.78 is 45.7. The third-order valence-electron chi connectivity index (χ3n) is 3.99. The molecule has 2 heterocycles. The lowest BCUT2D eigenvalue weighted by Crippen LogP contribution is -2.33. The Labute approximate surface area is 149 Å². The number of benzene rings is 1. The minimum atomic E-state index is -4.62. The zero-order valence-electron chi connectivity index (χ0n) is 13.2. The van der Waals surface area contributed by atoms with Crippen molar-refractivity contribution in [3.8, 4) is 0 Å². The number of fused-ring (bicyclic) bond motifs is 1. The van der Waals surface area contributed by atoms with Gasteiger partial charge in [-0.3, -0.25) is 0 Å². The quantitative estimate of drug-likeness (QED) is 0.811. The van der Waals surface area contributed by atoms with Crippen LogP contribution in [0.5, 0.6) is 0 Å². The molecule has 7 nitrogen and oxygen atoms in total. The smallest absolute Gasteiger partial charge is 0.450 e. The van der Waals surface area contributed by atoms with Crippen LogP contribution in [0.3, 0.4) is 0 Å². The highest BCUT2D eigenvalue weighted by molar-refractivity contribution is 6.31. The van der Waals surface area contributed by atoms with E-state index in [1.165, 1.54) is 6.07 Å². The highest BCUT2D eigenvalue weighted by Crippen LogP contribution is 2.35. The summed E-state index contributed by atoms with van der Waals surface area (Å²) in [5, 5.41) is 12.4. The summed E-state index contributed by atoms with van der Waals surface area (Å²) >= 11 is 5.58. The molecule has 0 fully saturated rings. The van der Waals surface area contributed by atoms with E-state index in [2.05, 4.69) is 5.10 Å². The molecule has 1 aromatic carbocycles. The molecule has 0 radical (unpaired) electrons. The van der Waals surface area contributed by atoms with E-state index in [4.69, 9.17) is 21.4 Å². The molecule has 0 saturated carbocycles. The summed E-state index contributed by atoms with van der Waals surface area (Å²) in [5.74, 6) is 0.331. The summed E-state index contributed by atoms with van der Waals surface area (Å²) in [6.45, 7) is -0.209. The van der Waals surface area contributed by atoms with Crippen molar-refractivity contribution in [2.45, 2.75) is 38.2 Å². The van der Waals surface area contributed by atoms with E-state index in [1.54, 1.807) is 0 Å². The van der Waals surface area contributed by atoms with Crippen molar-refractivity contribution in [1.82, 2.24) is 14.3 Å². The molecular formula is C15H13ClF3N3O4. The molecule has 1 atom stereocenters. The van der Waals surface area contributed by atoms with Gasteiger partial charge in [0.1, 0.15) is 5.82 Å². The molecule has 0 spiro atoms. The van der Waals surface area contributed by atoms with Gasteiger partial charge in [-0.15, -0.1) is 0 Å². The van der Waals surface area contributed by atoms with Gasteiger partial charge in [-0.2, -0.15) is 18.3 Å². The Kier molecular flexibility index (Phi) is 4.70. The number of nitrogens with zero attached hydrogens (tertiary/aromatic N) is 3. The number of halogens is 4. The number of carboxylic acid groups (broad SMARTS) is 1. The van der Waals surface area contributed by atoms with Gasteiger partial charge in [-0.25, -0.2) is 18.8 Å². The fourth-order valence-electron chi connectivity index (χ4n) is 2.88. The average molecular weight is 392 g/mol. The highest BCUT2D eigenvalue weighted by atomic mass is 35.5. The maximum Gasteiger partial charge on any atom is 0.507 e. The van der Waals surface area contributed by atoms with Gasteiger partial charge >= 0.3 is 18.0 Å². The van der Waals surface area contributed by atoms with E-state index in [0.717, 1.165) is 21.4 Å². The lowest BCUT2D eigenvalue weighted by molar-refractivity contribution is -0.137. The van der Waals surface area contributed by atoms with Crippen LogP contribution >= 0.6 is 11.6 Å². The molecule has 0 aliphatic carbocycles. The van der Waals surface area contributed by atoms with Crippen LogP contribution in [0.15, 0.2) is 23.0 Å². The monoisotopic (exact) mass is 391 g/mol. The minimum Gasteiger partial charge on any atom is -0.450 e. The van der Waals surface area contributed by atoms with Crippen LogP contribution < -0.4 is 5.69 Å². The van der Waals surface area contributed by atoms with Crippen molar-refractivity contribution in [3.05, 3.63) is 50.7 Å². The highest BCUT2D eigenvalue weighted by Gasteiger charge is 2.33. The Hall–Kier alpha value is -2.49. The first kappa shape index (κ1) is 18.3. The summed E-state index contributed by atoms with van der Waals surface area (Å²) in [6, 6.07) is 3.34. The molecule has 0 amide bonds. The van der Waals surface area contributed by atoms with Crippen molar-refractivity contribution in [1.29, 1.82) is 0 Å². The minimum absolute atomic E-state index is 0.190. The molecule has 0 saturated heterocycles. The van der Waals surface area contributed by atoms with Gasteiger partial charge in [0.25, 0.3) is 0 Å². The first-order valence-corrected chi connectivity index (χ1v) is 7.98. The van der Waals surface area contributed by atoms with Crippen LogP contribution in [-0.2, 0) is 23.9 Å². The van der Waals surface area contributed by atoms with Gasteiger partial charge in [0, 0.05) is 12.8 Å². The van der Waals surface area contributed by atoms with Gasteiger partial charge in [0.15, 0.2) is 6.23 Å². The van der Waals surface area contributed by atoms with Gasteiger partial charge in [-0.1, -0.05) is 17.7 Å². The zero-order valence-corrected chi connectivity index (χ0v) is 13.9. The van der Waals surface area contributed by atoms with E-state index < -0.39 is 34.8 Å². The van der Waals surface area contributed by atoms with Crippen molar-refractivity contribution >= 4 is 17.8 Å². The van der Waals surface area contributed by atoms with Gasteiger partial charge in [0.05, 0.1) is 17.1 Å². The molecule has 1 unspecified atom stereocenters. The first-order chi connectivity index (χ1) is 12.2. The van der Waals surface area contributed by atoms with Gasteiger partial charge < -0.3 is 9.84 Å². The molecule has 26 heavy (non-hydrogen) atoms. The molecule has 140 valence electrons. The Morgan fingerprint density at radius 2 is 2.15 bits per heavy atom. The van der Waals surface area contributed by atoms with E-state index in [0.29, 0.717) is 25.1 Å². The van der Waals surface area contributed by atoms with E-state index >= 15 is 0 Å². The van der Waals surface area contributed by atoms with Gasteiger partial charge in [0.2, 0.25) is 0 Å². The van der Waals surface area contributed by atoms with Crippen LogP contribution in [0.25, 0.3) is 0 Å². The standard InChI is InChI=1S/C15H13ClF3N3O4/c16-10-5-4-8(6-9(10)15(17,18)19)7-21-13(23)22-11(20-21)2-1-3-12(22)26-14(24)25/h4-6,12H,1-3,7H2,(H,24,25). The fraction of sp³-hybridized carbons (Fsp3) is 0.400. The van der Waals surface area contributed by atoms with Crippen molar-refractivity contribution in [2.75, 3.05) is 0 Å². The predicted octanol–water partition coefficient (Wildman–Crippen LogP) is 3.29. The Morgan fingerprint density at radius 1 is 1.42 bits per heavy atom. The normalized spacial score (nSPS) is 17.0. The lowest BCUT2D eigenvalue weighted by atomic mass is 10.1. The van der Waals surface area contributed by atoms with E-state index in [9.17, 15) is 22.8 Å². The summed E-state index contributed by atoms with van der Waals surface area (Å²) in [4.78, 5) is 23.3. The third-order valence-corrected chi connectivity index (χ3v) is 4.32. The summed E-state index contributed by atoms with van der Waals surface area (Å²) in [6.07, 6.45) is -5.79. The number of ether oxygens (including phenoxy) is 1. The Morgan fingerprint density at radius 3 is 2.81 bits per heavy atom. The number of alkyl halides is 3. The molecule has 1 aromatic heterocycles. The molecule has 1 N–H and O–H groups in total. The number of carbonyl (C=O) groups is 1. The summed E-state index contributed by atoms with van der Waals surface area (Å²) in [5.41, 5.74) is -1.45. The molecular weight excluding hydrogens is 379 g/mol. The largest absolute Gasteiger partial charge is 0.507 e. The van der Waals surface area contributed by atoms with Crippen LogP contribution in [-0.4, -0.2) is 25.6 Å². The second-order valence-electron chi connectivity index (χ2n) is 5.77. The Balaban J connectivity index is 1.94. The number of aromatic nitrogens is 3. The second kappa shape index (κ2) is 6.67. The SMILES string of the molecule is O=C(O)OC1CCCc2nn(Cc3ccc(Cl)c(C(F)(F)F)c3)c(=O)n21. The zero-order chi connectivity index (χ0) is 19.1. The molecule has 1 aliphatic heterocycles. The van der Waals surface area contributed by atoms with Gasteiger partial charge in [-0.05, 0) is 24.1 Å². The van der Waals surface area contributed by atoms with E-state index in [1.807, 2.05) is 0 Å². The number of hydrogen-bond donors (Lipinski definition) is 1. The fourth-order valence-corrected chi connectivity index (χ4v) is 3.11. The maximum atomic E-state index is 13.0. The van der Waals surface area contributed by atoms with Crippen LogP contribution in [0.4, 0.5) is 18.0 Å². The predicted molar refractivity (Wildman–Crippen MR) is 83.1 cm³/mol. The van der Waals surface area contributed by atoms with E-state index in [-0.39, 0.29) is 12.1 Å². The van der Waals surface area contributed by atoms with Crippen LogP contribution in [0.1, 0.15) is 36.0 Å². The second-order valence-corrected chi connectivity index (χ2v) is 6.18. The molecule has 0 bridgehead atoms. The van der Waals surface area contributed by atoms with Crippen LogP contribution in [0.2, 0.25) is 5.02 Å². The van der Waals surface area contributed by atoms with Crippen molar-refractivity contribution in [3.63, 3.8) is 0 Å². The molecule has 1 aliphatic rings. The average Bonchev–Trinajstić information content (AvgIpc) is 2.85. The van der Waals surface area contributed by atoms with Crippen molar-refractivity contribution < 1.29 is 27.8 Å². The molecule has 11 heteroatoms. The van der Waals surface area contributed by atoms with Crippen molar-refractivity contribution in [2.24, 2.45) is 0 Å². The number of hydrogen-bond acceptors (Lipinski definition) is 4. The maximum absolute atomic E-state index is 13.0. The molecule has 2 aromatic rings. The summed E-state index contributed by atoms with van der Waals surface area (Å²) in [7, 11) is 0. The topological polar surface area (TPSA) is 86.3 Å². The van der Waals surface area contributed by atoms with Crippen LogP contribution in [0, 0.1) is 0 Å². The Bertz CT molecular complexity index is 907. The number of aryl methyl sites for hydroxylation is 1. The third kappa shape index (κ3) is 3.55.